The van der Waals surface area contributed by atoms with Gasteiger partial charge in [-0.15, -0.1) is 0 Å². The van der Waals surface area contributed by atoms with Gasteiger partial charge in [0.1, 0.15) is 19.2 Å². The Morgan fingerprint density at radius 3 is 2.24 bits per heavy atom. The molecular formula is C29H49N5O7. The number of fused-ring (bicyclic) bond motifs is 1. The Morgan fingerprint density at radius 2 is 1.54 bits per heavy atom. The lowest BCUT2D eigenvalue weighted by molar-refractivity contribution is -0.149. The van der Waals surface area contributed by atoms with Crippen LogP contribution in [0.3, 0.4) is 0 Å². The molecule has 0 spiro atoms. The zero-order valence-electron chi connectivity index (χ0n) is 25.0. The van der Waals surface area contributed by atoms with Gasteiger partial charge in [0.2, 0.25) is 23.6 Å². The molecule has 4 aliphatic heterocycles. The van der Waals surface area contributed by atoms with Crippen LogP contribution in [-0.4, -0.2) is 135 Å². The van der Waals surface area contributed by atoms with Gasteiger partial charge in [0.25, 0.3) is 0 Å². The SMILES string of the molecule is CC(C)(C)CC(=O)N1CCC(N2CC(=O)N3CC[C@@H](NC4CCOCC4)[C@H]3C(=O)NCCOCCOCC2=O)CC1. The monoisotopic (exact) mass is 579 g/mol. The number of piperidine rings is 1. The Balaban J connectivity index is 1.47. The van der Waals surface area contributed by atoms with Crippen LogP contribution in [-0.2, 0) is 33.4 Å². The molecule has 0 aromatic rings. The first-order valence-corrected chi connectivity index (χ1v) is 15.3. The van der Waals surface area contributed by atoms with Crippen molar-refractivity contribution in [2.75, 3.05) is 72.4 Å². The van der Waals surface area contributed by atoms with Crippen LogP contribution in [0.5, 0.6) is 0 Å². The third-order valence-electron chi connectivity index (χ3n) is 8.37. The van der Waals surface area contributed by atoms with Gasteiger partial charge in [-0.05, 0) is 37.5 Å². The highest BCUT2D eigenvalue weighted by atomic mass is 16.5. The van der Waals surface area contributed by atoms with Gasteiger partial charge in [0, 0.05) is 63.9 Å². The smallest absolute Gasteiger partial charge is 0.249 e. The normalized spacial score (nSPS) is 27.3. The molecule has 232 valence electrons. The average molecular weight is 580 g/mol. The van der Waals surface area contributed by atoms with E-state index in [1.165, 1.54) is 0 Å². The summed E-state index contributed by atoms with van der Waals surface area (Å²) < 4.78 is 16.6. The van der Waals surface area contributed by atoms with E-state index in [1.54, 1.807) is 9.80 Å². The van der Waals surface area contributed by atoms with Gasteiger partial charge in [-0.25, -0.2) is 0 Å². The lowest BCUT2D eigenvalue weighted by atomic mass is 9.91. The minimum absolute atomic E-state index is 0.0963. The first-order valence-electron chi connectivity index (χ1n) is 15.3. The lowest BCUT2D eigenvalue weighted by Crippen LogP contribution is -2.58. The fourth-order valence-electron chi connectivity index (χ4n) is 6.20. The summed E-state index contributed by atoms with van der Waals surface area (Å²) in [5, 5.41) is 6.57. The van der Waals surface area contributed by atoms with Crippen molar-refractivity contribution in [1.29, 1.82) is 0 Å². The summed E-state index contributed by atoms with van der Waals surface area (Å²) in [6.07, 6.45) is 4.04. The van der Waals surface area contributed by atoms with Gasteiger partial charge in [-0.3, -0.25) is 19.2 Å². The number of amides is 4. The zero-order valence-corrected chi connectivity index (χ0v) is 25.0. The summed E-state index contributed by atoms with van der Waals surface area (Å²) in [6.45, 7) is 9.96. The second-order valence-corrected chi connectivity index (χ2v) is 12.8. The van der Waals surface area contributed by atoms with Gasteiger partial charge in [0.05, 0.1) is 19.8 Å². The van der Waals surface area contributed by atoms with Crippen molar-refractivity contribution in [3.63, 3.8) is 0 Å². The number of likely N-dealkylation sites (tertiary alicyclic amines) is 1. The third-order valence-corrected chi connectivity index (χ3v) is 8.37. The van der Waals surface area contributed by atoms with Crippen molar-refractivity contribution >= 4 is 23.6 Å². The van der Waals surface area contributed by atoms with Gasteiger partial charge < -0.3 is 39.5 Å². The largest absolute Gasteiger partial charge is 0.381 e. The first-order chi connectivity index (χ1) is 19.6. The van der Waals surface area contributed by atoms with Crippen molar-refractivity contribution in [2.45, 2.75) is 83.5 Å². The molecule has 12 nitrogen and oxygen atoms in total. The first kappa shape index (κ1) is 31.7. The van der Waals surface area contributed by atoms with Crippen LogP contribution in [0.2, 0.25) is 0 Å². The number of rotatable bonds is 4. The maximum absolute atomic E-state index is 13.8. The topological polar surface area (TPSA) is 130 Å². The summed E-state index contributed by atoms with van der Waals surface area (Å²) in [5.74, 6) is -0.594. The summed E-state index contributed by atoms with van der Waals surface area (Å²) in [5.41, 5.74) is -0.0963. The summed E-state index contributed by atoms with van der Waals surface area (Å²) in [4.78, 5) is 58.5. The fraction of sp³-hybridized carbons (Fsp3) is 0.862. The van der Waals surface area contributed by atoms with Crippen LogP contribution in [0.25, 0.3) is 0 Å². The number of hydrogen-bond donors (Lipinski definition) is 2. The Bertz CT molecular complexity index is 912. The number of nitrogens with zero attached hydrogens (tertiary/aromatic N) is 3. The van der Waals surface area contributed by atoms with Crippen LogP contribution in [0, 0.1) is 5.41 Å². The molecule has 4 heterocycles. The molecule has 4 amide bonds. The molecule has 0 bridgehead atoms. The molecule has 12 heteroatoms. The predicted octanol–water partition coefficient (Wildman–Crippen LogP) is 0.143. The summed E-state index contributed by atoms with van der Waals surface area (Å²) in [7, 11) is 0. The number of hydrogen-bond acceptors (Lipinski definition) is 8. The van der Waals surface area contributed by atoms with Crippen molar-refractivity contribution < 1.29 is 33.4 Å². The number of ether oxygens (including phenoxy) is 3. The fourth-order valence-corrected chi connectivity index (χ4v) is 6.20. The highest BCUT2D eigenvalue weighted by molar-refractivity contribution is 5.91. The minimum Gasteiger partial charge on any atom is -0.381 e. The molecule has 0 saturated carbocycles. The number of carbonyl (C=O) groups excluding carboxylic acids is 4. The Kier molecular flexibility index (Phi) is 11.4. The number of nitrogens with one attached hydrogen (secondary N) is 2. The van der Waals surface area contributed by atoms with Gasteiger partial charge >= 0.3 is 0 Å². The summed E-state index contributed by atoms with van der Waals surface area (Å²) in [6, 6.07) is -0.798. The lowest BCUT2D eigenvalue weighted by Gasteiger charge is -2.40. The Hall–Kier alpha value is -2.28. The number of carbonyl (C=O) groups is 4. The van der Waals surface area contributed by atoms with E-state index in [0.29, 0.717) is 78.3 Å². The molecule has 0 radical (unpaired) electrons. The quantitative estimate of drug-likeness (QED) is 0.482. The molecule has 0 aliphatic carbocycles. The molecule has 41 heavy (non-hydrogen) atoms. The van der Waals surface area contributed by atoms with Gasteiger partial charge in [-0.2, -0.15) is 0 Å². The maximum Gasteiger partial charge on any atom is 0.249 e. The van der Waals surface area contributed by atoms with Crippen molar-refractivity contribution in [3.8, 4) is 0 Å². The van der Waals surface area contributed by atoms with Crippen molar-refractivity contribution in [3.05, 3.63) is 0 Å². The minimum atomic E-state index is -0.666. The van der Waals surface area contributed by atoms with E-state index in [2.05, 4.69) is 10.6 Å². The van der Waals surface area contributed by atoms with E-state index in [4.69, 9.17) is 14.2 Å². The second-order valence-electron chi connectivity index (χ2n) is 12.8. The van der Waals surface area contributed by atoms with Gasteiger partial charge in [-0.1, -0.05) is 20.8 Å². The molecule has 4 aliphatic rings. The van der Waals surface area contributed by atoms with E-state index in [0.717, 1.165) is 12.8 Å². The molecule has 4 fully saturated rings. The standard InChI is InChI=1S/C29H49N5O7/c1-29(2,3)18-24(35)32-10-4-22(5-11-32)34-19-25(36)33-12-6-23(31-21-7-13-39-14-8-21)27(33)28(38)30-9-15-40-16-17-41-20-26(34)37/h21-23,27,31H,4-20H2,1-3H3,(H,30,38)/t23-,27+/m1/s1. The Labute approximate surface area is 243 Å². The van der Waals surface area contributed by atoms with E-state index in [9.17, 15) is 19.2 Å². The highest BCUT2D eigenvalue weighted by Crippen LogP contribution is 2.25. The third kappa shape index (κ3) is 9.10. The van der Waals surface area contributed by atoms with Gasteiger partial charge in [0.15, 0.2) is 0 Å². The van der Waals surface area contributed by atoms with E-state index in [1.807, 2.05) is 25.7 Å². The molecule has 0 unspecified atom stereocenters. The second kappa shape index (κ2) is 14.8. The zero-order chi connectivity index (χ0) is 29.4. The van der Waals surface area contributed by atoms with Crippen LogP contribution < -0.4 is 10.6 Å². The van der Waals surface area contributed by atoms with Crippen molar-refractivity contribution in [1.82, 2.24) is 25.3 Å². The average Bonchev–Trinajstić information content (AvgIpc) is 3.35. The van der Waals surface area contributed by atoms with E-state index >= 15 is 0 Å². The van der Waals surface area contributed by atoms with E-state index < -0.39 is 6.04 Å². The van der Waals surface area contributed by atoms with E-state index in [-0.39, 0.29) is 66.9 Å². The molecule has 2 atom stereocenters. The molecule has 4 saturated heterocycles. The molecule has 0 aromatic carbocycles. The Morgan fingerprint density at radius 1 is 0.854 bits per heavy atom. The van der Waals surface area contributed by atoms with Crippen LogP contribution >= 0.6 is 0 Å². The summed E-state index contributed by atoms with van der Waals surface area (Å²) >= 11 is 0. The predicted molar refractivity (Wildman–Crippen MR) is 151 cm³/mol. The molecule has 2 N–H and O–H groups in total. The molecule has 4 rings (SSSR count). The van der Waals surface area contributed by atoms with Crippen LogP contribution in [0.15, 0.2) is 0 Å². The molecular weight excluding hydrogens is 530 g/mol. The van der Waals surface area contributed by atoms with Crippen molar-refractivity contribution in [2.24, 2.45) is 5.41 Å². The van der Waals surface area contributed by atoms with Crippen LogP contribution in [0.1, 0.15) is 59.3 Å². The maximum atomic E-state index is 13.8. The van der Waals surface area contributed by atoms with Crippen LogP contribution in [0.4, 0.5) is 0 Å². The molecule has 0 aromatic heterocycles. The highest BCUT2D eigenvalue weighted by Gasteiger charge is 2.43.